The van der Waals surface area contributed by atoms with Crippen molar-refractivity contribution in [3.63, 3.8) is 0 Å². The molecule has 0 aliphatic carbocycles. The SMILES string of the molecule is CCNC(=NCC(NC(=O)OC(C)(C)C)c1ccccc1)NC1CCS(=O)(=O)C1. The molecule has 2 rings (SSSR count). The molecule has 9 heteroatoms. The van der Waals surface area contributed by atoms with Gasteiger partial charge in [0.25, 0.3) is 0 Å². The maximum Gasteiger partial charge on any atom is 0.408 e. The number of guanidine groups is 1. The van der Waals surface area contributed by atoms with Gasteiger partial charge < -0.3 is 20.7 Å². The van der Waals surface area contributed by atoms with Crippen molar-refractivity contribution in [2.75, 3.05) is 24.6 Å². The summed E-state index contributed by atoms with van der Waals surface area (Å²) in [7, 11) is -2.98. The van der Waals surface area contributed by atoms with Gasteiger partial charge in [-0.1, -0.05) is 30.3 Å². The second-order valence-corrected chi connectivity index (χ2v) is 10.3. The number of hydrogen-bond donors (Lipinski definition) is 3. The fraction of sp³-hybridized carbons (Fsp3) is 0.600. The highest BCUT2D eigenvalue weighted by molar-refractivity contribution is 7.91. The maximum atomic E-state index is 12.3. The predicted octanol–water partition coefficient (Wildman–Crippen LogP) is 1.99. The highest BCUT2D eigenvalue weighted by Gasteiger charge is 2.28. The van der Waals surface area contributed by atoms with E-state index in [4.69, 9.17) is 4.74 Å². The smallest absolute Gasteiger partial charge is 0.408 e. The summed E-state index contributed by atoms with van der Waals surface area (Å²) in [5, 5.41) is 9.20. The molecule has 0 bridgehead atoms. The van der Waals surface area contributed by atoms with Crippen molar-refractivity contribution >= 4 is 21.9 Å². The Morgan fingerprint density at radius 3 is 2.52 bits per heavy atom. The summed E-state index contributed by atoms with van der Waals surface area (Å²) in [6.07, 6.45) is 0.0479. The number of carbonyl (C=O) groups is 1. The first-order valence-corrected chi connectivity index (χ1v) is 11.7. The third-order valence-electron chi connectivity index (χ3n) is 4.24. The molecule has 3 N–H and O–H groups in total. The molecule has 2 atom stereocenters. The van der Waals surface area contributed by atoms with Gasteiger partial charge in [-0.3, -0.25) is 4.99 Å². The van der Waals surface area contributed by atoms with Crippen LogP contribution in [0.15, 0.2) is 35.3 Å². The zero-order chi connectivity index (χ0) is 21.5. The fourth-order valence-electron chi connectivity index (χ4n) is 2.97. The minimum absolute atomic E-state index is 0.107. The number of alkyl carbamates (subject to hydrolysis) is 1. The Kier molecular flexibility index (Phi) is 7.89. The minimum atomic E-state index is -2.98. The molecule has 0 spiro atoms. The van der Waals surface area contributed by atoms with E-state index in [1.54, 1.807) is 0 Å². The van der Waals surface area contributed by atoms with Crippen LogP contribution in [-0.4, -0.2) is 56.7 Å². The first-order valence-electron chi connectivity index (χ1n) is 9.88. The van der Waals surface area contributed by atoms with Crippen molar-refractivity contribution in [2.45, 2.75) is 51.8 Å². The molecule has 1 amide bonds. The van der Waals surface area contributed by atoms with Crippen LogP contribution in [0.25, 0.3) is 0 Å². The summed E-state index contributed by atoms with van der Waals surface area (Å²) >= 11 is 0. The van der Waals surface area contributed by atoms with Gasteiger partial charge in [0.15, 0.2) is 15.8 Å². The van der Waals surface area contributed by atoms with Gasteiger partial charge in [-0.15, -0.1) is 0 Å². The Morgan fingerprint density at radius 1 is 1.28 bits per heavy atom. The number of ether oxygens (including phenoxy) is 1. The molecule has 0 radical (unpaired) electrons. The first kappa shape index (κ1) is 23.0. The van der Waals surface area contributed by atoms with Crippen LogP contribution in [-0.2, 0) is 14.6 Å². The summed E-state index contributed by atoms with van der Waals surface area (Å²) in [5.74, 6) is 0.827. The van der Waals surface area contributed by atoms with Crippen LogP contribution < -0.4 is 16.0 Å². The Morgan fingerprint density at radius 2 is 1.97 bits per heavy atom. The summed E-state index contributed by atoms with van der Waals surface area (Å²) in [4.78, 5) is 16.9. The van der Waals surface area contributed by atoms with Crippen molar-refractivity contribution in [2.24, 2.45) is 4.99 Å². The number of aliphatic imine (C=N–C) groups is 1. The number of sulfone groups is 1. The van der Waals surface area contributed by atoms with E-state index >= 15 is 0 Å². The Labute approximate surface area is 173 Å². The molecule has 1 fully saturated rings. The number of benzene rings is 1. The number of carbonyl (C=O) groups excluding carboxylic acids is 1. The lowest BCUT2D eigenvalue weighted by atomic mass is 10.1. The van der Waals surface area contributed by atoms with Crippen molar-refractivity contribution in [3.05, 3.63) is 35.9 Å². The highest BCUT2D eigenvalue weighted by Crippen LogP contribution is 2.15. The monoisotopic (exact) mass is 424 g/mol. The Balaban J connectivity index is 2.11. The van der Waals surface area contributed by atoms with Gasteiger partial charge in [0.05, 0.1) is 24.1 Å². The molecule has 0 saturated carbocycles. The standard InChI is InChI=1S/C20H32N4O4S/c1-5-21-18(23-16-11-12-29(26,27)14-16)22-13-17(15-9-7-6-8-10-15)24-19(25)28-20(2,3)4/h6-10,16-17H,5,11-14H2,1-4H3,(H,24,25)(H2,21,22,23). The predicted molar refractivity (Wildman–Crippen MR) is 115 cm³/mol. The molecule has 162 valence electrons. The third-order valence-corrected chi connectivity index (χ3v) is 6.01. The van der Waals surface area contributed by atoms with Crippen LogP contribution in [0.3, 0.4) is 0 Å². The third kappa shape index (κ3) is 8.31. The molecule has 1 aromatic rings. The van der Waals surface area contributed by atoms with Crippen molar-refractivity contribution in [1.29, 1.82) is 0 Å². The minimum Gasteiger partial charge on any atom is -0.444 e. The largest absolute Gasteiger partial charge is 0.444 e. The van der Waals surface area contributed by atoms with E-state index in [0.29, 0.717) is 18.9 Å². The molecular weight excluding hydrogens is 392 g/mol. The van der Waals surface area contributed by atoms with Crippen LogP contribution in [0.1, 0.15) is 45.7 Å². The van der Waals surface area contributed by atoms with Crippen molar-refractivity contribution < 1.29 is 17.9 Å². The van der Waals surface area contributed by atoms with E-state index in [0.717, 1.165) is 5.56 Å². The molecule has 1 aliphatic heterocycles. The topological polar surface area (TPSA) is 109 Å². The van der Waals surface area contributed by atoms with Crippen LogP contribution in [0.4, 0.5) is 4.79 Å². The van der Waals surface area contributed by atoms with E-state index in [1.807, 2.05) is 58.0 Å². The Hall–Kier alpha value is -2.29. The van der Waals surface area contributed by atoms with E-state index in [9.17, 15) is 13.2 Å². The number of nitrogens with zero attached hydrogens (tertiary/aromatic N) is 1. The van der Waals surface area contributed by atoms with Crippen LogP contribution in [0.5, 0.6) is 0 Å². The zero-order valence-electron chi connectivity index (χ0n) is 17.6. The van der Waals surface area contributed by atoms with Gasteiger partial charge in [0.1, 0.15) is 5.60 Å². The Bertz CT molecular complexity index is 804. The lowest BCUT2D eigenvalue weighted by Crippen LogP contribution is -2.44. The second kappa shape index (κ2) is 9.96. The number of hydrogen-bond acceptors (Lipinski definition) is 5. The highest BCUT2D eigenvalue weighted by atomic mass is 32.2. The molecule has 8 nitrogen and oxygen atoms in total. The average molecular weight is 425 g/mol. The number of amides is 1. The van der Waals surface area contributed by atoms with E-state index in [2.05, 4.69) is 20.9 Å². The summed E-state index contributed by atoms with van der Waals surface area (Å²) in [5.41, 5.74) is 0.306. The zero-order valence-corrected chi connectivity index (χ0v) is 18.4. The fourth-order valence-corrected chi connectivity index (χ4v) is 4.65. The lowest BCUT2D eigenvalue weighted by Gasteiger charge is -2.24. The molecular formula is C20H32N4O4S. The number of nitrogens with one attached hydrogen (secondary N) is 3. The summed E-state index contributed by atoms with van der Waals surface area (Å²) in [6, 6.07) is 9.00. The van der Waals surface area contributed by atoms with E-state index in [-0.39, 0.29) is 30.1 Å². The quantitative estimate of drug-likeness (QED) is 0.476. The molecule has 2 unspecified atom stereocenters. The van der Waals surface area contributed by atoms with Crippen LogP contribution in [0.2, 0.25) is 0 Å². The summed E-state index contributed by atoms with van der Waals surface area (Å²) < 4.78 is 28.8. The maximum absolute atomic E-state index is 12.3. The van der Waals surface area contributed by atoms with Gasteiger partial charge in [-0.25, -0.2) is 13.2 Å². The molecule has 1 aliphatic rings. The first-order chi connectivity index (χ1) is 13.6. The molecule has 1 heterocycles. The van der Waals surface area contributed by atoms with Crippen molar-refractivity contribution in [3.8, 4) is 0 Å². The van der Waals surface area contributed by atoms with Crippen LogP contribution >= 0.6 is 0 Å². The average Bonchev–Trinajstić information content (AvgIpc) is 2.96. The number of rotatable bonds is 6. The molecule has 29 heavy (non-hydrogen) atoms. The van der Waals surface area contributed by atoms with Gasteiger partial charge in [-0.2, -0.15) is 0 Å². The summed E-state index contributed by atoms with van der Waals surface area (Å²) in [6.45, 7) is 8.29. The van der Waals surface area contributed by atoms with Gasteiger partial charge in [0, 0.05) is 12.6 Å². The lowest BCUT2D eigenvalue weighted by molar-refractivity contribution is 0.0505. The van der Waals surface area contributed by atoms with Gasteiger partial charge in [0.2, 0.25) is 0 Å². The van der Waals surface area contributed by atoms with Crippen molar-refractivity contribution in [1.82, 2.24) is 16.0 Å². The molecule has 1 saturated heterocycles. The van der Waals surface area contributed by atoms with Gasteiger partial charge >= 0.3 is 6.09 Å². The molecule has 0 aromatic heterocycles. The van der Waals surface area contributed by atoms with Gasteiger partial charge in [-0.05, 0) is 39.7 Å². The normalized spacial score (nSPS) is 20.0. The van der Waals surface area contributed by atoms with E-state index in [1.165, 1.54) is 0 Å². The van der Waals surface area contributed by atoms with Crippen LogP contribution in [0, 0.1) is 0 Å². The molecule has 1 aromatic carbocycles. The van der Waals surface area contributed by atoms with E-state index < -0.39 is 21.5 Å². The second-order valence-electron chi connectivity index (χ2n) is 8.07.